The van der Waals surface area contributed by atoms with Crippen LogP contribution in [0.2, 0.25) is 0 Å². The molecule has 0 aliphatic rings. The molecule has 0 atom stereocenters. The maximum Gasteiger partial charge on any atom is 0.343 e. The fraction of sp³-hybridized carbons (Fsp3) is 0. The van der Waals surface area contributed by atoms with E-state index >= 15 is 0 Å². The summed E-state index contributed by atoms with van der Waals surface area (Å²) in [7, 11) is -5.08. The Bertz CT molecular complexity index is 3550. The molecule has 6 aromatic carbocycles. The van der Waals surface area contributed by atoms with E-state index in [2.05, 4.69) is 29.8 Å². The summed E-state index contributed by atoms with van der Waals surface area (Å²) in [5, 5.41) is 51.5. The van der Waals surface area contributed by atoms with Gasteiger partial charge >= 0.3 is 11.4 Å². The summed E-state index contributed by atoms with van der Waals surface area (Å²) in [4.78, 5) is 54.1. The molecule has 0 radical (unpaired) electrons. The maximum absolute atomic E-state index is 13.8. The van der Waals surface area contributed by atoms with Crippen LogP contribution in [0.5, 0.6) is 11.8 Å². The van der Waals surface area contributed by atoms with E-state index in [1.165, 1.54) is 78.9 Å². The fourth-order valence-corrected chi connectivity index (χ4v) is 7.98. The van der Waals surface area contributed by atoms with Crippen molar-refractivity contribution in [3.8, 4) is 45.6 Å². The van der Waals surface area contributed by atoms with Crippen molar-refractivity contribution in [1.29, 1.82) is 0 Å². The molecule has 2 aromatic heterocycles. The molecule has 0 fully saturated rings. The van der Waals surface area contributed by atoms with Gasteiger partial charge in [-0.3, -0.25) is 14.1 Å². The molecule has 2 heterocycles. The Morgan fingerprint density at radius 3 is 1.26 bits per heavy atom. The fourth-order valence-electron chi connectivity index (χ4n) is 6.72. The van der Waals surface area contributed by atoms with E-state index in [-0.39, 0.29) is 50.1 Å². The minimum atomic E-state index is -5.08. The topological polar surface area (TPSA) is 271 Å². The molecule has 20 nitrogen and oxygen atoms in total. The Balaban J connectivity index is 1.21. The van der Waals surface area contributed by atoms with Crippen molar-refractivity contribution in [3.05, 3.63) is 199 Å². The molecule has 0 saturated carbocycles. The molecule has 0 amide bonds. The summed E-state index contributed by atoms with van der Waals surface area (Å²) in [5.41, 5.74) is -4.81. The highest BCUT2D eigenvalue weighted by Gasteiger charge is 2.25. The van der Waals surface area contributed by atoms with Gasteiger partial charge in [0.15, 0.2) is 0 Å². The molecule has 66 heavy (non-hydrogen) atoms. The molecule has 0 unspecified atom stereocenters. The van der Waals surface area contributed by atoms with Crippen LogP contribution < -0.4 is 22.5 Å². The van der Waals surface area contributed by atoms with Crippen LogP contribution in [0.4, 0.5) is 22.7 Å². The van der Waals surface area contributed by atoms with Gasteiger partial charge in [0.05, 0.1) is 46.2 Å². The number of rotatable bonds is 13. The zero-order chi connectivity index (χ0) is 46.5. The number of hydrogen-bond donors (Lipinski definition) is 4. The van der Waals surface area contributed by atoms with Crippen LogP contribution in [0.25, 0.3) is 33.9 Å². The van der Waals surface area contributed by atoms with Gasteiger partial charge in [0.1, 0.15) is 4.90 Å². The van der Waals surface area contributed by atoms with Gasteiger partial charge in [-0.25, -0.2) is 33.1 Å². The Hall–Kier alpha value is -8.38. The van der Waals surface area contributed by atoms with Crippen molar-refractivity contribution in [3.63, 3.8) is 0 Å². The molecule has 8 rings (SSSR count). The van der Waals surface area contributed by atoms with E-state index in [0.29, 0.717) is 12.0 Å². The molecule has 0 saturated heterocycles. The van der Waals surface area contributed by atoms with Crippen LogP contribution in [0, 0.1) is 0 Å². The molecule has 22 heteroatoms. The van der Waals surface area contributed by atoms with E-state index in [1.54, 1.807) is 72.8 Å². The number of benzene rings is 6. The Morgan fingerprint density at radius 2 is 0.864 bits per heavy atom. The first-order valence-electron chi connectivity index (χ1n) is 19.1. The highest BCUT2D eigenvalue weighted by atomic mass is 32.2. The van der Waals surface area contributed by atoms with Gasteiger partial charge in [-0.05, 0) is 78.4 Å². The highest BCUT2D eigenvalue weighted by Crippen LogP contribution is 2.40. The average molecular weight is 927 g/mol. The summed E-state index contributed by atoms with van der Waals surface area (Å²) < 4.78 is 44.3. The monoisotopic (exact) mass is 926 g/mol. The van der Waals surface area contributed by atoms with Gasteiger partial charge in [0, 0.05) is 10.5 Å². The zero-order valence-electron chi connectivity index (χ0n) is 33.5. The SMILES string of the molecule is O=c1c(N=Nc2ccc(-c3ccc(N=Nc4c(O)n(-c5ccccc5)c(=O)n(-c5ccccc5)c4=O)cc3S(=O)(=O)O)c(SOOO)c2)c(O)n(-c2ccccc2)c(=O)n1-c1ccccc1. The minimum Gasteiger partial charge on any atom is -0.492 e. The van der Waals surface area contributed by atoms with Gasteiger partial charge < -0.3 is 10.2 Å². The van der Waals surface area contributed by atoms with Crippen LogP contribution in [0.3, 0.4) is 0 Å². The van der Waals surface area contributed by atoms with Crippen LogP contribution in [-0.4, -0.2) is 46.7 Å². The predicted molar refractivity (Wildman–Crippen MR) is 239 cm³/mol. The number of azo groups is 2. The first-order chi connectivity index (χ1) is 31.9. The number of hydrogen-bond acceptors (Lipinski definition) is 16. The van der Waals surface area contributed by atoms with Gasteiger partial charge in [-0.2, -0.15) is 18.6 Å². The van der Waals surface area contributed by atoms with Crippen molar-refractivity contribution < 1.29 is 37.8 Å². The third-order valence-electron chi connectivity index (χ3n) is 9.66. The summed E-state index contributed by atoms with van der Waals surface area (Å²) >= 11 is 0.374. The van der Waals surface area contributed by atoms with Gasteiger partial charge in [-0.15, -0.1) is 14.6 Å². The normalized spacial score (nSPS) is 11.7. The van der Waals surface area contributed by atoms with Crippen molar-refractivity contribution in [1.82, 2.24) is 18.3 Å². The van der Waals surface area contributed by atoms with E-state index in [4.69, 9.17) is 5.26 Å². The Morgan fingerprint density at radius 1 is 0.485 bits per heavy atom. The summed E-state index contributed by atoms with van der Waals surface area (Å²) in [6.07, 6.45) is 0. The molecule has 0 aliphatic heterocycles. The number of aromatic hydroxyl groups is 2. The van der Waals surface area contributed by atoms with Crippen molar-refractivity contribution in [2.24, 2.45) is 20.5 Å². The summed E-state index contributed by atoms with van der Waals surface area (Å²) in [6.45, 7) is 0. The lowest BCUT2D eigenvalue weighted by atomic mass is 10.0. The van der Waals surface area contributed by atoms with Crippen molar-refractivity contribution >= 4 is 44.9 Å². The predicted octanol–water partition coefficient (Wildman–Crippen LogP) is 7.87. The molecule has 0 bridgehead atoms. The largest absolute Gasteiger partial charge is 0.492 e. The second-order valence-electron chi connectivity index (χ2n) is 13.7. The lowest BCUT2D eigenvalue weighted by molar-refractivity contribution is -0.432. The lowest BCUT2D eigenvalue weighted by Crippen LogP contribution is -2.37. The van der Waals surface area contributed by atoms with Crippen LogP contribution >= 0.6 is 12.0 Å². The lowest BCUT2D eigenvalue weighted by Gasteiger charge is -2.14. The Labute approximate surface area is 375 Å². The molecular weight excluding hydrogens is 897 g/mol. The highest BCUT2D eigenvalue weighted by molar-refractivity contribution is 7.94. The molecular formula is C44H30N8O12S2. The van der Waals surface area contributed by atoms with Gasteiger partial charge in [-0.1, -0.05) is 90.0 Å². The molecule has 330 valence electrons. The van der Waals surface area contributed by atoms with E-state index in [0.717, 1.165) is 24.3 Å². The minimum absolute atomic E-state index is 0.00509. The second kappa shape index (κ2) is 18.8. The first-order valence-corrected chi connectivity index (χ1v) is 21.2. The number of aromatic nitrogens is 4. The third kappa shape index (κ3) is 8.76. The third-order valence-corrected chi connectivity index (χ3v) is 11.2. The molecule has 0 aliphatic carbocycles. The van der Waals surface area contributed by atoms with Crippen molar-refractivity contribution in [2.45, 2.75) is 9.79 Å². The van der Waals surface area contributed by atoms with E-state index < -0.39 is 60.6 Å². The van der Waals surface area contributed by atoms with Crippen molar-refractivity contribution in [2.75, 3.05) is 0 Å². The molecule has 4 N–H and O–H groups in total. The molecule has 8 aromatic rings. The average Bonchev–Trinajstić information content (AvgIpc) is 3.32. The van der Waals surface area contributed by atoms with Crippen LogP contribution in [0.1, 0.15) is 0 Å². The number of para-hydroxylation sites is 4. The maximum atomic E-state index is 13.8. The van der Waals surface area contributed by atoms with Crippen LogP contribution in [0.15, 0.2) is 207 Å². The zero-order valence-corrected chi connectivity index (χ0v) is 35.1. The van der Waals surface area contributed by atoms with Gasteiger partial charge in [0.2, 0.25) is 23.1 Å². The smallest absolute Gasteiger partial charge is 0.343 e. The quantitative estimate of drug-likeness (QED) is 0.0282. The second-order valence-corrected chi connectivity index (χ2v) is 15.8. The van der Waals surface area contributed by atoms with E-state index in [1.807, 2.05) is 0 Å². The van der Waals surface area contributed by atoms with Gasteiger partial charge in [0.25, 0.3) is 21.2 Å². The van der Waals surface area contributed by atoms with E-state index in [9.17, 15) is 42.4 Å². The summed E-state index contributed by atoms with van der Waals surface area (Å²) in [5.74, 6) is -1.68. The Kier molecular flexibility index (Phi) is 12.6. The standard InChI is InChI=1S/C44H30N8O12S2/c53-39-37(40(54)50(30-15-7-2-8-16-30)43(57)49(39)29-13-5-1-6-14-29)47-45-27-21-23-33(35(25-27)65-64-63-59)34-24-22-28(26-36(34)66(60,61)62)46-48-38-41(55)51(31-17-9-3-10-18-31)44(58)52(42(38)56)32-19-11-4-12-20-32/h1-26,53,55,59H,(H,60,61,62). The van der Waals surface area contributed by atoms with Crippen LogP contribution in [-0.2, 0) is 19.5 Å². The summed E-state index contributed by atoms with van der Waals surface area (Å²) in [6, 6.07) is 39.0. The first kappa shape index (κ1) is 44.2. The molecule has 0 spiro atoms. The number of nitrogens with zero attached hydrogens (tertiary/aromatic N) is 8.